The fourth-order valence-corrected chi connectivity index (χ4v) is 5.01. The Morgan fingerprint density at radius 2 is 1.34 bits per heavy atom. The van der Waals surface area contributed by atoms with Crippen LogP contribution in [0.5, 0.6) is 0 Å². The van der Waals surface area contributed by atoms with E-state index in [0.29, 0.717) is 0 Å². The summed E-state index contributed by atoms with van der Waals surface area (Å²) in [6.07, 6.45) is 22.5. The van der Waals surface area contributed by atoms with E-state index < -0.39 is 0 Å². The molecule has 1 saturated heterocycles. The van der Waals surface area contributed by atoms with Gasteiger partial charge in [-0.05, 0) is 32.2 Å². The second-order valence-electron chi connectivity index (χ2n) is 10.4. The maximum absolute atomic E-state index is 12.3. The second kappa shape index (κ2) is 19.7. The van der Waals surface area contributed by atoms with Gasteiger partial charge in [0.05, 0.1) is 6.54 Å². The highest BCUT2D eigenvalue weighted by Crippen LogP contribution is 2.20. The molecule has 0 radical (unpaired) electrons. The fourth-order valence-electron chi connectivity index (χ4n) is 5.01. The number of hydrogen-bond donors (Lipinski definition) is 0. The van der Waals surface area contributed by atoms with Crippen LogP contribution < -0.4 is 0 Å². The van der Waals surface area contributed by atoms with Crippen molar-refractivity contribution >= 4 is 6.09 Å². The Kier molecular flexibility index (Phi) is 18.0. The number of hydrogen-bond acceptors (Lipinski definition) is 3. The van der Waals surface area contributed by atoms with Crippen molar-refractivity contribution in [3.63, 3.8) is 0 Å². The molecule has 32 heavy (non-hydrogen) atoms. The minimum absolute atomic E-state index is 0.0398. The third-order valence-corrected chi connectivity index (χ3v) is 7.00. The van der Waals surface area contributed by atoms with Crippen LogP contribution in [-0.4, -0.2) is 55.2 Å². The number of rotatable bonds is 22. The van der Waals surface area contributed by atoms with Crippen molar-refractivity contribution in [2.75, 3.05) is 33.2 Å². The van der Waals surface area contributed by atoms with Gasteiger partial charge in [0.25, 0.3) is 0 Å². The molecule has 1 fully saturated rings. The summed E-state index contributed by atoms with van der Waals surface area (Å²) in [6, 6.07) is 0. The third-order valence-electron chi connectivity index (χ3n) is 7.00. The predicted molar refractivity (Wildman–Crippen MR) is 138 cm³/mol. The largest absolute Gasteiger partial charge is 0.443 e. The standard InChI is InChI=1S/C28H56N2O2/c1-5-8-11-13-14-15-16-17-19-22-30-25-27(32-28(30)31)24-29(4)23-26(20-10-7-3)21-18-12-9-6-2/h26-27H,5-25H2,1-4H3/t26?,27-/m0/s1. The van der Waals surface area contributed by atoms with Crippen molar-refractivity contribution in [1.29, 1.82) is 0 Å². The molecule has 0 saturated carbocycles. The van der Waals surface area contributed by atoms with Gasteiger partial charge in [-0.15, -0.1) is 0 Å². The summed E-state index contributed by atoms with van der Waals surface area (Å²) in [4.78, 5) is 16.6. The highest BCUT2D eigenvalue weighted by atomic mass is 16.6. The van der Waals surface area contributed by atoms with E-state index in [2.05, 4.69) is 32.7 Å². The van der Waals surface area contributed by atoms with Gasteiger partial charge >= 0.3 is 6.09 Å². The Morgan fingerprint density at radius 1 is 0.812 bits per heavy atom. The SMILES string of the molecule is CCCCCCCCCCCN1C[C@H](CN(C)CC(CCCC)CCCCCC)OC1=O. The van der Waals surface area contributed by atoms with Crippen molar-refractivity contribution < 1.29 is 9.53 Å². The summed E-state index contributed by atoms with van der Waals surface area (Å²) in [5.41, 5.74) is 0. The lowest BCUT2D eigenvalue weighted by Crippen LogP contribution is -2.35. The van der Waals surface area contributed by atoms with E-state index in [1.165, 1.54) is 103 Å². The smallest absolute Gasteiger partial charge is 0.410 e. The van der Waals surface area contributed by atoms with Gasteiger partial charge in [-0.25, -0.2) is 4.79 Å². The summed E-state index contributed by atoms with van der Waals surface area (Å²) in [7, 11) is 2.21. The molecule has 2 atom stereocenters. The molecule has 0 aliphatic carbocycles. The normalized spacial score (nSPS) is 17.3. The number of amides is 1. The molecular formula is C28H56N2O2. The fraction of sp³-hybridized carbons (Fsp3) is 0.964. The van der Waals surface area contributed by atoms with Crippen LogP contribution in [-0.2, 0) is 4.74 Å². The van der Waals surface area contributed by atoms with Crippen LogP contribution in [0.2, 0.25) is 0 Å². The van der Waals surface area contributed by atoms with Crippen LogP contribution in [0, 0.1) is 5.92 Å². The first-order valence-electron chi connectivity index (χ1n) is 14.2. The Morgan fingerprint density at radius 3 is 1.97 bits per heavy atom. The van der Waals surface area contributed by atoms with Crippen molar-refractivity contribution in [3.05, 3.63) is 0 Å². The van der Waals surface area contributed by atoms with Crippen LogP contribution in [0.1, 0.15) is 130 Å². The molecule has 0 spiro atoms. The molecule has 1 unspecified atom stereocenters. The Hall–Kier alpha value is -0.770. The Balaban J connectivity index is 2.20. The van der Waals surface area contributed by atoms with Gasteiger partial charge in [0.15, 0.2) is 0 Å². The molecule has 0 aromatic carbocycles. The third kappa shape index (κ3) is 14.4. The zero-order valence-corrected chi connectivity index (χ0v) is 22.2. The van der Waals surface area contributed by atoms with E-state index in [1.807, 2.05) is 4.90 Å². The average molecular weight is 453 g/mol. The second-order valence-corrected chi connectivity index (χ2v) is 10.4. The van der Waals surface area contributed by atoms with Crippen molar-refractivity contribution in [3.8, 4) is 0 Å². The minimum atomic E-state index is -0.0925. The van der Waals surface area contributed by atoms with E-state index in [4.69, 9.17) is 4.74 Å². The van der Waals surface area contributed by atoms with E-state index >= 15 is 0 Å². The molecule has 0 bridgehead atoms. The summed E-state index contributed by atoms with van der Waals surface area (Å²) in [5.74, 6) is 0.784. The van der Waals surface area contributed by atoms with E-state index in [-0.39, 0.29) is 12.2 Å². The first kappa shape index (κ1) is 29.3. The van der Waals surface area contributed by atoms with E-state index in [1.54, 1.807) is 0 Å². The molecule has 4 nitrogen and oxygen atoms in total. The lowest BCUT2D eigenvalue weighted by molar-refractivity contribution is 0.107. The van der Waals surface area contributed by atoms with Crippen molar-refractivity contribution in [2.45, 2.75) is 136 Å². The molecule has 1 amide bonds. The number of carbonyl (C=O) groups excluding carboxylic acids is 1. The average Bonchev–Trinajstić information content (AvgIpc) is 3.12. The number of carbonyl (C=O) groups is 1. The quantitative estimate of drug-likeness (QED) is 0.156. The van der Waals surface area contributed by atoms with Crippen LogP contribution in [0.15, 0.2) is 0 Å². The van der Waals surface area contributed by atoms with Gasteiger partial charge in [0, 0.05) is 19.6 Å². The number of likely N-dealkylation sites (N-methyl/N-ethyl adjacent to an activating group) is 1. The highest BCUT2D eigenvalue weighted by Gasteiger charge is 2.31. The van der Waals surface area contributed by atoms with Crippen molar-refractivity contribution in [1.82, 2.24) is 9.80 Å². The zero-order valence-electron chi connectivity index (χ0n) is 22.2. The van der Waals surface area contributed by atoms with Gasteiger partial charge in [-0.2, -0.15) is 0 Å². The van der Waals surface area contributed by atoms with Gasteiger partial charge in [-0.1, -0.05) is 111 Å². The molecule has 4 heteroatoms. The summed E-state index contributed by atoms with van der Waals surface area (Å²) < 4.78 is 5.70. The summed E-state index contributed by atoms with van der Waals surface area (Å²) >= 11 is 0. The number of cyclic esters (lactones) is 1. The molecular weight excluding hydrogens is 396 g/mol. The van der Waals surface area contributed by atoms with E-state index in [0.717, 1.165) is 38.5 Å². The van der Waals surface area contributed by atoms with Crippen LogP contribution in [0.4, 0.5) is 4.79 Å². The van der Waals surface area contributed by atoms with Crippen molar-refractivity contribution in [2.24, 2.45) is 5.92 Å². The maximum atomic E-state index is 12.3. The molecule has 1 rings (SSSR count). The molecule has 0 N–H and O–H groups in total. The highest BCUT2D eigenvalue weighted by molar-refractivity contribution is 5.69. The molecule has 1 aliphatic heterocycles. The molecule has 0 aromatic rings. The van der Waals surface area contributed by atoms with Gasteiger partial charge < -0.3 is 14.5 Å². The molecule has 1 aliphatic rings. The number of unbranched alkanes of at least 4 members (excludes halogenated alkanes) is 12. The molecule has 0 aromatic heterocycles. The number of nitrogens with zero attached hydrogens (tertiary/aromatic N) is 2. The zero-order chi connectivity index (χ0) is 23.4. The van der Waals surface area contributed by atoms with E-state index in [9.17, 15) is 4.79 Å². The van der Waals surface area contributed by atoms with Gasteiger partial charge in [0.2, 0.25) is 0 Å². The monoisotopic (exact) mass is 452 g/mol. The van der Waals surface area contributed by atoms with Crippen LogP contribution in [0.25, 0.3) is 0 Å². The van der Waals surface area contributed by atoms with Crippen LogP contribution >= 0.6 is 0 Å². The predicted octanol–water partition coefficient (Wildman–Crippen LogP) is 8.05. The molecule has 190 valence electrons. The summed E-state index contributed by atoms with van der Waals surface area (Å²) in [5, 5.41) is 0. The van der Waals surface area contributed by atoms with Gasteiger partial charge in [-0.3, -0.25) is 0 Å². The van der Waals surface area contributed by atoms with Crippen LogP contribution in [0.3, 0.4) is 0 Å². The van der Waals surface area contributed by atoms with Gasteiger partial charge in [0.1, 0.15) is 6.10 Å². The Labute approximate surface area is 200 Å². The first-order chi connectivity index (χ1) is 15.6. The lowest BCUT2D eigenvalue weighted by Gasteiger charge is -2.25. The maximum Gasteiger partial charge on any atom is 0.410 e. The molecule has 1 heterocycles. The Bertz CT molecular complexity index is 443. The lowest BCUT2D eigenvalue weighted by atomic mass is 9.94. The minimum Gasteiger partial charge on any atom is -0.443 e. The topological polar surface area (TPSA) is 32.8 Å². The first-order valence-corrected chi connectivity index (χ1v) is 14.2. The summed E-state index contributed by atoms with van der Waals surface area (Å²) in [6.45, 7) is 10.5. The number of ether oxygens (including phenoxy) is 1.